The van der Waals surface area contributed by atoms with Crippen LogP contribution in [0, 0.1) is 10.1 Å². The number of nitro groups is 1. The highest BCUT2D eigenvalue weighted by molar-refractivity contribution is 6.28. The zero-order chi connectivity index (χ0) is 12.4. The number of aliphatic hydroxyl groups excluding tert-OH is 1. The Hall–Kier alpha value is -1.47. The van der Waals surface area contributed by atoms with Crippen molar-refractivity contribution in [2.45, 2.75) is 18.9 Å². The molecule has 1 fully saturated rings. The number of rotatable bonds is 2. The third kappa shape index (κ3) is 2.62. The van der Waals surface area contributed by atoms with Crippen LogP contribution in [0.2, 0.25) is 5.28 Å². The van der Waals surface area contributed by atoms with Crippen molar-refractivity contribution in [3.05, 3.63) is 21.6 Å². The van der Waals surface area contributed by atoms with Crippen molar-refractivity contribution in [1.82, 2.24) is 9.97 Å². The maximum atomic E-state index is 10.8. The molecule has 2 heterocycles. The molecule has 8 heteroatoms. The summed E-state index contributed by atoms with van der Waals surface area (Å²) in [5.41, 5.74) is -0.161. The molecule has 1 N–H and O–H groups in total. The van der Waals surface area contributed by atoms with Crippen LogP contribution in [0.15, 0.2) is 6.20 Å². The van der Waals surface area contributed by atoms with Gasteiger partial charge in [-0.25, -0.2) is 4.98 Å². The fraction of sp³-hybridized carbons (Fsp3) is 0.556. The number of piperidine rings is 1. The third-order valence-electron chi connectivity index (χ3n) is 2.68. The van der Waals surface area contributed by atoms with E-state index >= 15 is 0 Å². The zero-order valence-corrected chi connectivity index (χ0v) is 9.67. The van der Waals surface area contributed by atoms with Gasteiger partial charge < -0.3 is 10.0 Å². The predicted octanol–water partition coefficient (Wildman–Crippen LogP) is 0.999. The second-order valence-corrected chi connectivity index (χ2v) is 4.16. The molecule has 0 atom stereocenters. The number of halogens is 1. The van der Waals surface area contributed by atoms with E-state index in [9.17, 15) is 15.2 Å². The van der Waals surface area contributed by atoms with Gasteiger partial charge in [-0.1, -0.05) is 0 Å². The van der Waals surface area contributed by atoms with Crippen molar-refractivity contribution in [2.24, 2.45) is 0 Å². The Labute approximate surface area is 102 Å². The van der Waals surface area contributed by atoms with Crippen molar-refractivity contribution in [2.75, 3.05) is 18.0 Å². The standard InChI is InChI=1S/C9H11ClN4O3/c10-9-11-5-7(14(16)17)8(12-9)13-3-1-6(15)2-4-13/h5-6,15H,1-4H2. The normalized spacial score (nSPS) is 17.2. The topological polar surface area (TPSA) is 92.4 Å². The monoisotopic (exact) mass is 258 g/mol. The fourth-order valence-electron chi connectivity index (χ4n) is 1.78. The van der Waals surface area contributed by atoms with E-state index in [1.165, 1.54) is 0 Å². The highest BCUT2D eigenvalue weighted by Gasteiger charge is 2.26. The molecule has 1 aromatic heterocycles. The Morgan fingerprint density at radius 1 is 1.53 bits per heavy atom. The molecule has 0 amide bonds. The van der Waals surface area contributed by atoms with Gasteiger partial charge in [0, 0.05) is 13.1 Å². The molecule has 1 aromatic rings. The first kappa shape index (κ1) is 12.0. The van der Waals surface area contributed by atoms with Crippen molar-refractivity contribution in [3.8, 4) is 0 Å². The van der Waals surface area contributed by atoms with Crippen LogP contribution in [0.1, 0.15) is 12.8 Å². The average Bonchev–Trinajstić information content (AvgIpc) is 2.29. The lowest BCUT2D eigenvalue weighted by molar-refractivity contribution is -0.384. The summed E-state index contributed by atoms with van der Waals surface area (Å²) in [6.07, 6.45) is 1.90. The Kier molecular flexibility index (Phi) is 3.39. The van der Waals surface area contributed by atoms with Crippen LogP contribution in [0.4, 0.5) is 11.5 Å². The van der Waals surface area contributed by atoms with Crippen LogP contribution in [0.5, 0.6) is 0 Å². The molecule has 0 radical (unpaired) electrons. The SMILES string of the molecule is O=[N+]([O-])c1cnc(Cl)nc1N1CCC(O)CC1. The summed E-state index contributed by atoms with van der Waals surface area (Å²) >= 11 is 5.65. The lowest BCUT2D eigenvalue weighted by Gasteiger charge is -2.29. The highest BCUT2D eigenvalue weighted by Crippen LogP contribution is 2.28. The second-order valence-electron chi connectivity index (χ2n) is 3.82. The molecule has 1 aliphatic heterocycles. The van der Waals surface area contributed by atoms with Gasteiger partial charge >= 0.3 is 5.69 Å². The predicted molar refractivity (Wildman–Crippen MR) is 61.2 cm³/mol. The molecule has 0 saturated carbocycles. The van der Waals surface area contributed by atoms with Gasteiger partial charge in [-0.2, -0.15) is 4.98 Å². The highest BCUT2D eigenvalue weighted by atomic mass is 35.5. The molecule has 17 heavy (non-hydrogen) atoms. The summed E-state index contributed by atoms with van der Waals surface area (Å²) in [7, 11) is 0. The quantitative estimate of drug-likeness (QED) is 0.483. The van der Waals surface area contributed by atoms with Gasteiger partial charge in [-0.15, -0.1) is 0 Å². The van der Waals surface area contributed by atoms with Crippen molar-refractivity contribution >= 4 is 23.1 Å². The lowest BCUT2D eigenvalue weighted by Crippen LogP contribution is -2.36. The van der Waals surface area contributed by atoms with Crippen LogP contribution >= 0.6 is 11.6 Å². The number of hydrogen-bond donors (Lipinski definition) is 1. The van der Waals surface area contributed by atoms with E-state index in [2.05, 4.69) is 9.97 Å². The average molecular weight is 259 g/mol. The Bertz CT molecular complexity index is 434. The first-order valence-electron chi connectivity index (χ1n) is 5.18. The summed E-state index contributed by atoms with van der Waals surface area (Å²) in [6.45, 7) is 1.05. The molecule has 0 aliphatic carbocycles. The van der Waals surface area contributed by atoms with E-state index in [1.807, 2.05) is 0 Å². The number of anilines is 1. The lowest BCUT2D eigenvalue weighted by atomic mass is 10.1. The molecule has 2 rings (SSSR count). The minimum atomic E-state index is -0.531. The van der Waals surface area contributed by atoms with Crippen LogP contribution in [0.25, 0.3) is 0 Å². The van der Waals surface area contributed by atoms with E-state index in [0.717, 1.165) is 6.20 Å². The van der Waals surface area contributed by atoms with Crippen LogP contribution < -0.4 is 4.90 Å². The van der Waals surface area contributed by atoms with E-state index in [0.29, 0.717) is 25.9 Å². The van der Waals surface area contributed by atoms with Gasteiger partial charge in [-0.05, 0) is 24.4 Å². The van der Waals surface area contributed by atoms with Crippen LogP contribution in [-0.2, 0) is 0 Å². The van der Waals surface area contributed by atoms with Crippen LogP contribution in [0.3, 0.4) is 0 Å². The van der Waals surface area contributed by atoms with Gasteiger partial charge in [0.1, 0.15) is 6.20 Å². The van der Waals surface area contributed by atoms with E-state index in [1.54, 1.807) is 4.90 Å². The minimum absolute atomic E-state index is 0.0169. The molecule has 0 aromatic carbocycles. The smallest absolute Gasteiger partial charge is 0.329 e. The number of aromatic nitrogens is 2. The summed E-state index contributed by atoms with van der Waals surface area (Å²) in [5, 5.41) is 20.2. The van der Waals surface area contributed by atoms with E-state index in [4.69, 9.17) is 11.6 Å². The molecular weight excluding hydrogens is 248 g/mol. The summed E-state index contributed by atoms with van der Waals surface area (Å²) in [5.74, 6) is 0.224. The van der Waals surface area contributed by atoms with Crippen LogP contribution in [-0.4, -0.2) is 39.2 Å². The first-order valence-corrected chi connectivity index (χ1v) is 5.55. The molecule has 0 bridgehead atoms. The van der Waals surface area contributed by atoms with Gasteiger partial charge in [0.2, 0.25) is 11.1 Å². The van der Waals surface area contributed by atoms with Gasteiger partial charge in [0.15, 0.2) is 0 Å². The largest absolute Gasteiger partial charge is 0.393 e. The molecule has 0 unspecified atom stereocenters. The Balaban J connectivity index is 2.30. The van der Waals surface area contributed by atoms with E-state index in [-0.39, 0.29) is 22.9 Å². The van der Waals surface area contributed by atoms with E-state index < -0.39 is 4.92 Å². The summed E-state index contributed by atoms with van der Waals surface area (Å²) in [4.78, 5) is 19.6. The second kappa shape index (κ2) is 4.80. The van der Waals surface area contributed by atoms with Gasteiger partial charge in [0.05, 0.1) is 11.0 Å². The molecular formula is C9H11ClN4O3. The maximum Gasteiger partial charge on any atom is 0.329 e. The fourth-order valence-corrected chi connectivity index (χ4v) is 1.91. The third-order valence-corrected chi connectivity index (χ3v) is 2.86. The molecule has 1 saturated heterocycles. The van der Waals surface area contributed by atoms with Gasteiger partial charge in [0.25, 0.3) is 0 Å². The molecule has 92 valence electrons. The van der Waals surface area contributed by atoms with Crippen molar-refractivity contribution in [1.29, 1.82) is 0 Å². The Morgan fingerprint density at radius 2 is 2.18 bits per heavy atom. The maximum absolute atomic E-state index is 10.8. The minimum Gasteiger partial charge on any atom is -0.393 e. The van der Waals surface area contributed by atoms with Gasteiger partial charge in [-0.3, -0.25) is 10.1 Å². The molecule has 1 aliphatic rings. The summed E-state index contributed by atoms with van der Waals surface area (Å²) in [6, 6.07) is 0. The zero-order valence-electron chi connectivity index (χ0n) is 8.91. The Morgan fingerprint density at radius 3 is 2.76 bits per heavy atom. The van der Waals surface area contributed by atoms with Crippen molar-refractivity contribution < 1.29 is 10.0 Å². The molecule has 0 spiro atoms. The number of nitrogens with zero attached hydrogens (tertiary/aromatic N) is 4. The number of aliphatic hydroxyl groups is 1. The summed E-state index contributed by atoms with van der Waals surface area (Å²) < 4.78 is 0. The first-order chi connectivity index (χ1) is 8.08. The number of hydrogen-bond acceptors (Lipinski definition) is 6. The molecule has 7 nitrogen and oxygen atoms in total. The van der Waals surface area contributed by atoms with Crippen molar-refractivity contribution in [3.63, 3.8) is 0 Å².